The van der Waals surface area contributed by atoms with Gasteiger partial charge in [0, 0.05) is 36.7 Å². The summed E-state index contributed by atoms with van der Waals surface area (Å²) < 4.78 is 6.68. The molecule has 2 aromatic carbocycles. The molecule has 5 aliphatic rings. The van der Waals surface area contributed by atoms with Gasteiger partial charge in [-0.05, 0) is 99.2 Å². The van der Waals surface area contributed by atoms with Crippen LogP contribution in [0.5, 0.6) is 11.5 Å². The summed E-state index contributed by atoms with van der Waals surface area (Å²) in [4.78, 5) is 17.8. The van der Waals surface area contributed by atoms with Gasteiger partial charge < -0.3 is 19.8 Å². The highest BCUT2D eigenvalue weighted by Gasteiger charge is 2.74. The molecule has 6 atom stereocenters. The van der Waals surface area contributed by atoms with Gasteiger partial charge >= 0.3 is 0 Å². The van der Waals surface area contributed by atoms with E-state index >= 15 is 0 Å². The van der Waals surface area contributed by atoms with Gasteiger partial charge in [-0.3, -0.25) is 9.69 Å². The highest BCUT2D eigenvalue weighted by Crippen LogP contribution is 2.66. The molecule has 2 N–H and O–H groups in total. The van der Waals surface area contributed by atoms with Gasteiger partial charge in [0.05, 0.1) is 17.1 Å². The van der Waals surface area contributed by atoms with Crippen LogP contribution in [0.15, 0.2) is 30.3 Å². The van der Waals surface area contributed by atoms with Crippen LogP contribution in [0.2, 0.25) is 0 Å². The first kappa shape index (κ1) is 25.0. The molecule has 6 heteroatoms. The summed E-state index contributed by atoms with van der Waals surface area (Å²) in [6, 6.07) is 9.47. The number of benzene rings is 2. The fraction of sp³-hybridized carbons (Fsp3) is 0.545. The number of aromatic hydroxyl groups is 1. The number of aliphatic hydroxyl groups is 1. The number of piperidine rings is 1. The number of carbonyl (C=O) groups excluding carboxylic acids is 1. The van der Waals surface area contributed by atoms with E-state index in [1.807, 2.05) is 38.2 Å². The Morgan fingerprint density at radius 2 is 2.00 bits per heavy atom. The van der Waals surface area contributed by atoms with Crippen molar-refractivity contribution in [1.29, 1.82) is 0 Å². The van der Waals surface area contributed by atoms with Crippen LogP contribution in [0.25, 0.3) is 0 Å². The standard InChI is InChI=1S/C33H38N2O4/c1-19-5-6-22(15-20(19)2)9-12-27(37)34(4)29-21(3)17-33(38)26-16-24-10-11-25(36)30-28(24)32(33,31(29)39-30)13-14-35(26)18-23-7-8-23/h5-6,10-11,15,21,23,26,29,31,36,38H,7-8,13-14,16-18H2,1-4H3/t21-,26+,29+,31-,32-,33+/m0/s1. The Labute approximate surface area is 231 Å². The molecule has 204 valence electrons. The van der Waals surface area contributed by atoms with Gasteiger partial charge in [-0.2, -0.15) is 0 Å². The number of aryl methyl sites for hydroxylation is 2. The van der Waals surface area contributed by atoms with Crippen molar-refractivity contribution in [3.8, 4) is 23.3 Å². The van der Waals surface area contributed by atoms with Crippen molar-refractivity contribution in [3.63, 3.8) is 0 Å². The minimum atomic E-state index is -0.984. The zero-order valence-electron chi connectivity index (χ0n) is 23.3. The maximum absolute atomic E-state index is 13.5. The predicted molar refractivity (Wildman–Crippen MR) is 149 cm³/mol. The van der Waals surface area contributed by atoms with E-state index in [0.717, 1.165) is 54.1 Å². The molecule has 7 rings (SSSR count). The van der Waals surface area contributed by atoms with E-state index in [-0.39, 0.29) is 29.7 Å². The first-order valence-corrected chi connectivity index (χ1v) is 14.5. The van der Waals surface area contributed by atoms with E-state index in [0.29, 0.717) is 12.2 Å². The van der Waals surface area contributed by atoms with Crippen LogP contribution in [0.3, 0.4) is 0 Å². The second-order valence-electron chi connectivity index (χ2n) is 12.9. The van der Waals surface area contributed by atoms with Crippen LogP contribution in [0, 0.1) is 37.5 Å². The molecule has 6 nitrogen and oxygen atoms in total. The maximum Gasteiger partial charge on any atom is 0.298 e. The van der Waals surface area contributed by atoms with Crippen LogP contribution >= 0.6 is 0 Å². The van der Waals surface area contributed by atoms with Crippen LogP contribution < -0.4 is 4.74 Å². The number of phenolic OH excluding ortho intramolecular Hbond substituents is 1. The van der Waals surface area contributed by atoms with Crippen LogP contribution in [0.4, 0.5) is 0 Å². The van der Waals surface area contributed by atoms with Gasteiger partial charge in [-0.15, -0.1) is 0 Å². The summed E-state index contributed by atoms with van der Waals surface area (Å²) in [7, 11) is 1.81. The van der Waals surface area contributed by atoms with Crippen LogP contribution in [-0.2, 0) is 16.6 Å². The fourth-order valence-electron chi connectivity index (χ4n) is 8.48. The summed E-state index contributed by atoms with van der Waals surface area (Å²) in [5, 5.41) is 23.7. The molecule has 1 spiro atoms. The smallest absolute Gasteiger partial charge is 0.298 e. The van der Waals surface area contributed by atoms with Crippen molar-refractivity contribution < 1.29 is 19.7 Å². The van der Waals surface area contributed by atoms with Crippen molar-refractivity contribution in [2.45, 2.75) is 82.1 Å². The lowest BCUT2D eigenvalue weighted by Crippen LogP contribution is -2.79. The van der Waals surface area contributed by atoms with Crippen LogP contribution in [-0.4, -0.2) is 69.8 Å². The number of hydrogen-bond acceptors (Lipinski definition) is 5. The van der Waals surface area contributed by atoms with Gasteiger partial charge in [-0.1, -0.05) is 25.0 Å². The largest absolute Gasteiger partial charge is 0.504 e. The summed E-state index contributed by atoms with van der Waals surface area (Å²) in [6.07, 6.45) is 4.21. The van der Waals surface area contributed by atoms with Crippen molar-refractivity contribution in [2.75, 3.05) is 20.1 Å². The number of amides is 1. The van der Waals surface area contributed by atoms with E-state index in [9.17, 15) is 15.0 Å². The number of carbonyl (C=O) groups is 1. The average molecular weight is 527 g/mol. The quantitative estimate of drug-likeness (QED) is 0.597. The van der Waals surface area contributed by atoms with E-state index in [4.69, 9.17) is 4.74 Å². The summed E-state index contributed by atoms with van der Waals surface area (Å²) in [5.74, 6) is 7.04. The molecule has 3 aliphatic carbocycles. The molecule has 1 saturated heterocycles. The molecule has 0 radical (unpaired) electrons. The fourth-order valence-corrected chi connectivity index (χ4v) is 8.48. The van der Waals surface area contributed by atoms with Gasteiger partial charge in [0.1, 0.15) is 6.10 Å². The number of rotatable bonds is 3. The molecular weight excluding hydrogens is 488 g/mol. The minimum absolute atomic E-state index is 0.00752. The molecule has 2 aliphatic heterocycles. The van der Waals surface area contributed by atoms with Gasteiger partial charge in [0.25, 0.3) is 5.91 Å². The summed E-state index contributed by atoms with van der Waals surface area (Å²) in [6.45, 7) is 8.16. The van der Waals surface area contributed by atoms with E-state index < -0.39 is 17.1 Å². The molecule has 2 saturated carbocycles. The number of phenols is 1. The molecule has 2 aromatic rings. The third-order valence-corrected chi connectivity index (χ3v) is 10.7. The van der Waals surface area contributed by atoms with Crippen molar-refractivity contribution in [2.24, 2.45) is 11.8 Å². The van der Waals surface area contributed by atoms with Gasteiger partial charge in [-0.25, -0.2) is 0 Å². The average Bonchev–Trinajstić information content (AvgIpc) is 3.64. The molecule has 2 bridgehead atoms. The Kier molecular flexibility index (Phi) is 5.44. The first-order valence-electron chi connectivity index (χ1n) is 14.5. The van der Waals surface area contributed by atoms with E-state index in [1.54, 1.807) is 11.0 Å². The third-order valence-electron chi connectivity index (χ3n) is 10.7. The Balaban J connectivity index is 1.27. The molecule has 1 amide bonds. The number of nitrogens with zero attached hydrogens (tertiary/aromatic N) is 2. The first-order chi connectivity index (χ1) is 18.6. The number of likely N-dealkylation sites (N-methyl/N-ethyl adjacent to an activating group) is 1. The lowest BCUT2D eigenvalue weighted by atomic mass is 9.46. The molecule has 39 heavy (non-hydrogen) atoms. The third kappa shape index (κ3) is 3.45. The van der Waals surface area contributed by atoms with Gasteiger partial charge in [0.15, 0.2) is 11.5 Å². The summed E-state index contributed by atoms with van der Waals surface area (Å²) in [5.41, 5.74) is 3.67. The Morgan fingerprint density at radius 3 is 2.74 bits per heavy atom. The molecular formula is C33H38N2O4. The zero-order chi connectivity index (χ0) is 27.3. The Bertz CT molecular complexity index is 1440. The van der Waals surface area contributed by atoms with Gasteiger partial charge in [0.2, 0.25) is 0 Å². The molecule has 0 aromatic heterocycles. The number of ether oxygens (including phenoxy) is 1. The SMILES string of the molecule is Cc1ccc(C#CC(=O)N(C)[C@@H]2[C@@H](C)C[C@@]3(O)[C@H]4Cc5ccc(O)c6c5[C@@]3(CCN4CC3CC3)[C@H]2O6)cc1C. The Hall–Kier alpha value is -3.01. The summed E-state index contributed by atoms with van der Waals surface area (Å²) >= 11 is 0. The molecule has 0 unspecified atom stereocenters. The maximum atomic E-state index is 13.5. The monoisotopic (exact) mass is 526 g/mol. The normalized spacial score (nSPS) is 34.0. The number of hydrogen-bond donors (Lipinski definition) is 2. The van der Waals surface area contributed by atoms with E-state index in [1.165, 1.54) is 18.4 Å². The van der Waals surface area contributed by atoms with E-state index in [2.05, 4.69) is 30.6 Å². The molecule has 2 heterocycles. The van der Waals surface area contributed by atoms with Crippen molar-refractivity contribution in [1.82, 2.24) is 9.80 Å². The minimum Gasteiger partial charge on any atom is -0.504 e. The second-order valence-corrected chi connectivity index (χ2v) is 12.9. The second kappa shape index (κ2) is 8.49. The number of likely N-dealkylation sites (tertiary alicyclic amines) is 1. The lowest BCUT2D eigenvalue weighted by Gasteiger charge is -2.66. The topological polar surface area (TPSA) is 73.2 Å². The lowest BCUT2D eigenvalue weighted by molar-refractivity contribution is -0.212. The highest BCUT2D eigenvalue weighted by atomic mass is 16.5. The molecule has 3 fully saturated rings. The van der Waals surface area contributed by atoms with Crippen LogP contribution in [0.1, 0.15) is 60.4 Å². The predicted octanol–water partition coefficient (Wildman–Crippen LogP) is 3.70. The highest BCUT2D eigenvalue weighted by molar-refractivity contribution is 5.94. The zero-order valence-corrected chi connectivity index (χ0v) is 23.3. The van der Waals surface area contributed by atoms with Crippen molar-refractivity contribution in [3.05, 3.63) is 58.1 Å². The Morgan fingerprint density at radius 1 is 1.21 bits per heavy atom. The van der Waals surface area contributed by atoms with Crippen molar-refractivity contribution >= 4 is 5.91 Å².